The summed E-state index contributed by atoms with van der Waals surface area (Å²) in [5.41, 5.74) is 1.89. The van der Waals surface area contributed by atoms with Crippen LogP contribution in [0.25, 0.3) is 0 Å². The summed E-state index contributed by atoms with van der Waals surface area (Å²) in [6, 6.07) is 5.53. The third kappa shape index (κ3) is 9.81. The van der Waals surface area contributed by atoms with E-state index >= 15 is 0 Å². The van der Waals surface area contributed by atoms with E-state index in [0.717, 1.165) is 70.1 Å². The maximum Gasteiger partial charge on any atom is 0.227 e. The lowest BCUT2D eigenvalue weighted by atomic mass is 9.76. The molecule has 0 spiro atoms. The van der Waals surface area contributed by atoms with Crippen molar-refractivity contribution in [1.29, 1.82) is 0 Å². The summed E-state index contributed by atoms with van der Waals surface area (Å²) < 4.78 is 0. The zero-order valence-electron chi connectivity index (χ0n) is 27.8. The van der Waals surface area contributed by atoms with Gasteiger partial charge in [-0.25, -0.2) is 0 Å². The molecule has 0 radical (unpaired) electrons. The summed E-state index contributed by atoms with van der Waals surface area (Å²) in [4.78, 5) is 39.7. The van der Waals surface area contributed by atoms with Gasteiger partial charge in [-0.3, -0.25) is 14.4 Å². The Balaban J connectivity index is 1.41. The average molecular weight is 594 g/mol. The molecule has 0 aromatic heterocycles. The highest BCUT2D eigenvalue weighted by atomic mass is 16.2. The molecule has 1 aromatic carbocycles. The fraction of sp³-hybridized carbons (Fsp3) is 0.757. The van der Waals surface area contributed by atoms with Gasteiger partial charge in [0.1, 0.15) is 0 Å². The minimum atomic E-state index is 0.00315. The van der Waals surface area contributed by atoms with Crippen molar-refractivity contribution in [2.24, 2.45) is 53.3 Å². The first-order chi connectivity index (χ1) is 20.5. The largest absolute Gasteiger partial charge is 0.326 e. The molecule has 0 saturated heterocycles. The number of rotatable bonds is 10. The van der Waals surface area contributed by atoms with Crippen LogP contribution in [0.2, 0.25) is 0 Å². The maximum absolute atomic E-state index is 13.3. The van der Waals surface area contributed by atoms with Crippen molar-refractivity contribution in [3.8, 4) is 0 Å². The topological polar surface area (TPSA) is 87.3 Å². The van der Waals surface area contributed by atoms with E-state index in [1.54, 1.807) is 0 Å². The van der Waals surface area contributed by atoms with E-state index in [2.05, 4.69) is 57.5 Å². The van der Waals surface area contributed by atoms with Crippen molar-refractivity contribution >= 4 is 34.8 Å². The van der Waals surface area contributed by atoms with E-state index in [1.807, 2.05) is 18.2 Å². The number of hydrogen-bond donors (Lipinski definition) is 3. The van der Waals surface area contributed by atoms with Gasteiger partial charge in [0.25, 0.3) is 0 Å². The van der Waals surface area contributed by atoms with Crippen molar-refractivity contribution in [2.45, 2.75) is 125 Å². The van der Waals surface area contributed by atoms with Gasteiger partial charge in [0, 0.05) is 35.3 Å². The predicted molar refractivity (Wildman–Crippen MR) is 178 cm³/mol. The zero-order chi connectivity index (χ0) is 31.1. The second kappa shape index (κ2) is 15.6. The van der Waals surface area contributed by atoms with Crippen LogP contribution in [0.5, 0.6) is 0 Å². The van der Waals surface area contributed by atoms with Crippen molar-refractivity contribution < 1.29 is 14.4 Å². The monoisotopic (exact) mass is 593 g/mol. The Morgan fingerprint density at radius 2 is 0.860 bits per heavy atom. The molecule has 6 nitrogen and oxygen atoms in total. The van der Waals surface area contributed by atoms with E-state index < -0.39 is 0 Å². The Kier molecular flexibility index (Phi) is 12.1. The molecule has 3 saturated carbocycles. The Morgan fingerprint density at radius 3 is 1.21 bits per heavy atom. The van der Waals surface area contributed by atoms with Crippen molar-refractivity contribution in [3.63, 3.8) is 0 Å². The SMILES string of the molecule is CC(C)C1CCC(CC(=O)Nc2cc(NC(=O)C3CCC(C(C)C)CC3)cc(NC(=O)C3CCC(C(C)C)CC3)c2)CC1. The van der Waals surface area contributed by atoms with E-state index in [1.165, 1.54) is 12.8 Å². The average Bonchev–Trinajstić information content (AvgIpc) is 2.97. The molecule has 0 atom stereocenters. The van der Waals surface area contributed by atoms with Gasteiger partial charge in [-0.05, 0) is 137 Å². The molecule has 1 aromatic rings. The maximum atomic E-state index is 13.3. The van der Waals surface area contributed by atoms with Crippen LogP contribution < -0.4 is 16.0 Å². The summed E-state index contributed by atoms with van der Waals surface area (Å²) in [6.45, 7) is 13.7. The van der Waals surface area contributed by atoms with Gasteiger partial charge < -0.3 is 16.0 Å². The highest BCUT2D eigenvalue weighted by Gasteiger charge is 2.30. The number of hydrogen-bond acceptors (Lipinski definition) is 3. The van der Waals surface area contributed by atoms with Crippen LogP contribution in [0, 0.1) is 53.3 Å². The number of carbonyl (C=O) groups is 3. The molecule has 240 valence electrons. The lowest BCUT2D eigenvalue weighted by molar-refractivity contribution is -0.121. The number of anilines is 3. The molecular formula is C37H59N3O3. The summed E-state index contributed by atoms with van der Waals surface area (Å²) in [5.74, 6) is 4.68. The van der Waals surface area contributed by atoms with Crippen LogP contribution in [0.15, 0.2) is 18.2 Å². The van der Waals surface area contributed by atoms with E-state index in [-0.39, 0.29) is 29.6 Å². The van der Waals surface area contributed by atoms with Crippen LogP contribution in [-0.4, -0.2) is 17.7 Å². The third-order valence-electron chi connectivity index (χ3n) is 11.2. The Bertz CT molecular complexity index is 1010. The first-order valence-electron chi connectivity index (χ1n) is 17.5. The van der Waals surface area contributed by atoms with E-state index in [0.29, 0.717) is 59.0 Å². The van der Waals surface area contributed by atoms with E-state index in [4.69, 9.17) is 0 Å². The van der Waals surface area contributed by atoms with Gasteiger partial charge in [0.05, 0.1) is 0 Å². The summed E-state index contributed by atoms with van der Waals surface area (Å²) >= 11 is 0. The number of benzene rings is 1. The van der Waals surface area contributed by atoms with Crippen LogP contribution in [-0.2, 0) is 14.4 Å². The second-order valence-corrected chi connectivity index (χ2v) is 15.3. The fourth-order valence-corrected chi connectivity index (χ4v) is 7.96. The molecule has 3 aliphatic rings. The van der Waals surface area contributed by atoms with Crippen molar-refractivity contribution in [1.82, 2.24) is 0 Å². The van der Waals surface area contributed by atoms with E-state index in [9.17, 15) is 14.4 Å². The van der Waals surface area contributed by atoms with Gasteiger partial charge >= 0.3 is 0 Å². The second-order valence-electron chi connectivity index (χ2n) is 15.3. The standard InChI is InChI=1S/C37H59N3O3/c1-23(2)27-9-7-26(8-10-27)19-35(41)38-32-20-33(39-36(42)30-15-11-28(12-16-30)24(3)4)22-34(21-32)40-37(43)31-17-13-29(14-18-31)25(5)6/h20-31H,7-19H2,1-6H3,(H,38,41)(H,39,42)(H,40,43). The van der Waals surface area contributed by atoms with Gasteiger partial charge in [-0.15, -0.1) is 0 Å². The molecule has 3 fully saturated rings. The minimum absolute atomic E-state index is 0.00315. The number of carbonyl (C=O) groups excluding carboxylic acids is 3. The Hall–Kier alpha value is -2.37. The molecule has 3 N–H and O–H groups in total. The van der Waals surface area contributed by atoms with Gasteiger partial charge in [-0.1, -0.05) is 41.5 Å². The van der Waals surface area contributed by atoms with Crippen molar-refractivity contribution in [2.75, 3.05) is 16.0 Å². The molecule has 3 amide bonds. The minimum Gasteiger partial charge on any atom is -0.326 e. The van der Waals surface area contributed by atoms with Crippen LogP contribution in [0.4, 0.5) is 17.1 Å². The molecular weight excluding hydrogens is 534 g/mol. The quantitative estimate of drug-likeness (QED) is 0.253. The Labute approximate surface area is 261 Å². The highest BCUT2D eigenvalue weighted by Crippen LogP contribution is 2.37. The predicted octanol–water partition coefficient (Wildman–Crippen LogP) is 9.28. The fourth-order valence-electron chi connectivity index (χ4n) is 7.96. The zero-order valence-corrected chi connectivity index (χ0v) is 27.8. The van der Waals surface area contributed by atoms with Crippen LogP contribution in [0.3, 0.4) is 0 Å². The van der Waals surface area contributed by atoms with Crippen LogP contribution in [0.1, 0.15) is 125 Å². The normalized spacial score (nSPS) is 28.1. The molecule has 0 bridgehead atoms. The first-order valence-corrected chi connectivity index (χ1v) is 17.5. The van der Waals surface area contributed by atoms with Gasteiger partial charge in [0.2, 0.25) is 17.7 Å². The summed E-state index contributed by atoms with van der Waals surface area (Å²) in [5, 5.41) is 9.38. The van der Waals surface area contributed by atoms with Gasteiger partial charge in [-0.2, -0.15) is 0 Å². The lowest BCUT2D eigenvalue weighted by Gasteiger charge is -2.30. The molecule has 0 unspecified atom stereocenters. The molecule has 3 aliphatic carbocycles. The van der Waals surface area contributed by atoms with Crippen LogP contribution >= 0.6 is 0 Å². The molecule has 0 heterocycles. The molecule has 43 heavy (non-hydrogen) atoms. The van der Waals surface area contributed by atoms with Crippen molar-refractivity contribution in [3.05, 3.63) is 18.2 Å². The molecule has 0 aliphatic heterocycles. The summed E-state index contributed by atoms with van der Waals surface area (Å²) in [7, 11) is 0. The smallest absolute Gasteiger partial charge is 0.227 e. The number of amides is 3. The van der Waals surface area contributed by atoms with Gasteiger partial charge in [0.15, 0.2) is 0 Å². The lowest BCUT2D eigenvalue weighted by Crippen LogP contribution is -2.29. The third-order valence-corrected chi connectivity index (χ3v) is 11.2. The molecule has 6 heteroatoms. The molecule has 4 rings (SSSR count). The number of nitrogens with one attached hydrogen (secondary N) is 3. The summed E-state index contributed by atoms with van der Waals surface area (Å²) in [6.07, 6.45) is 13.1. The Morgan fingerprint density at radius 1 is 0.535 bits per heavy atom. The highest BCUT2D eigenvalue weighted by molar-refractivity contribution is 5.98. The first kappa shape index (κ1) is 33.5.